The first kappa shape index (κ1) is 16.5. The van der Waals surface area contributed by atoms with Crippen molar-refractivity contribution in [3.05, 3.63) is 17.0 Å². The monoisotopic (exact) mass is 293 g/mol. The SMILES string of the molecule is CCc1nn(C2CCOCC2)c(CC)c1CNC(C)(C)C. The maximum absolute atomic E-state index is 5.50. The molecule has 2 heterocycles. The molecule has 1 aromatic heterocycles. The van der Waals surface area contributed by atoms with E-state index in [1.165, 1.54) is 17.0 Å². The number of ether oxygens (including phenoxy) is 1. The second-order valence-electron chi connectivity index (χ2n) is 6.97. The number of nitrogens with zero attached hydrogens (tertiary/aromatic N) is 2. The average molecular weight is 293 g/mol. The van der Waals surface area contributed by atoms with Crippen molar-refractivity contribution in [1.82, 2.24) is 15.1 Å². The van der Waals surface area contributed by atoms with Crippen molar-refractivity contribution in [2.24, 2.45) is 0 Å². The van der Waals surface area contributed by atoms with Gasteiger partial charge in [-0.2, -0.15) is 5.10 Å². The fourth-order valence-corrected chi connectivity index (χ4v) is 3.00. The molecule has 0 radical (unpaired) electrons. The van der Waals surface area contributed by atoms with Gasteiger partial charge < -0.3 is 10.1 Å². The molecule has 4 heteroatoms. The molecular formula is C17H31N3O. The van der Waals surface area contributed by atoms with Crippen LogP contribution in [0, 0.1) is 0 Å². The van der Waals surface area contributed by atoms with Crippen LogP contribution < -0.4 is 5.32 Å². The van der Waals surface area contributed by atoms with Crippen molar-refractivity contribution < 1.29 is 4.74 Å². The third-order valence-electron chi connectivity index (χ3n) is 4.20. The number of aryl methyl sites for hydroxylation is 1. The van der Waals surface area contributed by atoms with E-state index in [2.05, 4.69) is 44.6 Å². The molecule has 0 bridgehead atoms. The van der Waals surface area contributed by atoms with Crippen molar-refractivity contribution in [3.63, 3.8) is 0 Å². The van der Waals surface area contributed by atoms with Gasteiger partial charge in [-0.25, -0.2) is 0 Å². The number of nitrogens with one attached hydrogen (secondary N) is 1. The second-order valence-corrected chi connectivity index (χ2v) is 6.97. The molecule has 1 aromatic rings. The molecule has 1 aliphatic heterocycles. The van der Waals surface area contributed by atoms with Gasteiger partial charge in [0.1, 0.15) is 0 Å². The summed E-state index contributed by atoms with van der Waals surface area (Å²) in [5, 5.41) is 8.57. The lowest BCUT2D eigenvalue weighted by Gasteiger charge is -2.25. The maximum Gasteiger partial charge on any atom is 0.0669 e. The van der Waals surface area contributed by atoms with E-state index in [9.17, 15) is 0 Å². The van der Waals surface area contributed by atoms with Gasteiger partial charge in [-0.05, 0) is 46.5 Å². The lowest BCUT2D eigenvalue weighted by molar-refractivity contribution is 0.0653. The van der Waals surface area contributed by atoms with Crippen LogP contribution in [0.1, 0.15) is 70.5 Å². The minimum absolute atomic E-state index is 0.136. The average Bonchev–Trinajstić information content (AvgIpc) is 2.83. The van der Waals surface area contributed by atoms with Gasteiger partial charge in [0.25, 0.3) is 0 Å². The highest BCUT2D eigenvalue weighted by Crippen LogP contribution is 2.26. The molecule has 1 aliphatic rings. The van der Waals surface area contributed by atoms with Crippen LogP contribution in [0.5, 0.6) is 0 Å². The minimum atomic E-state index is 0.136. The lowest BCUT2D eigenvalue weighted by Crippen LogP contribution is -2.35. The first-order valence-electron chi connectivity index (χ1n) is 8.38. The van der Waals surface area contributed by atoms with Gasteiger partial charge in [0.05, 0.1) is 11.7 Å². The van der Waals surface area contributed by atoms with Crippen molar-refractivity contribution in [3.8, 4) is 0 Å². The Morgan fingerprint density at radius 1 is 1.19 bits per heavy atom. The van der Waals surface area contributed by atoms with E-state index in [0.717, 1.165) is 45.4 Å². The standard InChI is InChI=1S/C17H31N3O/c1-6-15-14(12-18-17(3,4)5)16(7-2)20(19-15)13-8-10-21-11-9-13/h13,18H,6-12H2,1-5H3. The number of hydrogen-bond acceptors (Lipinski definition) is 3. The Morgan fingerprint density at radius 2 is 1.86 bits per heavy atom. The van der Waals surface area contributed by atoms with E-state index < -0.39 is 0 Å². The fraction of sp³-hybridized carbons (Fsp3) is 0.824. The zero-order valence-corrected chi connectivity index (χ0v) is 14.3. The molecule has 0 aliphatic carbocycles. The predicted octanol–water partition coefficient (Wildman–Crippen LogP) is 3.25. The van der Waals surface area contributed by atoms with E-state index in [-0.39, 0.29) is 5.54 Å². The fourth-order valence-electron chi connectivity index (χ4n) is 3.00. The van der Waals surface area contributed by atoms with E-state index in [4.69, 9.17) is 9.84 Å². The predicted molar refractivity (Wildman–Crippen MR) is 86.7 cm³/mol. The molecule has 4 nitrogen and oxygen atoms in total. The molecule has 120 valence electrons. The van der Waals surface area contributed by atoms with E-state index >= 15 is 0 Å². The van der Waals surface area contributed by atoms with Crippen LogP contribution in [0.2, 0.25) is 0 Å². The van der Waals surface area contributed by atoms with Crippen molar-refractivity contribution in [2.45, 2.75) is 78.4 Å². The Labute approximate surface area is 129 Å². The molecule has 21 heavy (non-hydrogen) atoms. The summed E-state index contributed by atoms with van der Waals surface area (Å²) < 4.78 is 7.80. The molecule has 1 saturated heterocycles. The Bertz CT molecular complexity index is 453. The molecule has 0 saturated carbocycles. The zero-order valence-electron chi connectivity index (χ0n) is 14.3. The van der Waals surface area contributed by atoms with Gasteiger partial charge in [0.2, 0.25) is 0 Å². The normalized spacial score (nSPS) is 17.4. The molecule has 0 aromatic carbocycles. The Hall–Kier alpha value is -0.870. The molecule has 2 rings (SSSR count). The molecule has 0 amide bonds. The lowest BCUT2D eigenvalue weighted by atomic mass is 10.0. The van der Waals surface area contributed by atoms with Crippen LogP contribution in [0.4, 0.5) is 0 Å². The molecule has 0 unspecified atom stereocenters. The highest BCUT2D eigenvalue weighted by Gasteiger charge is 2.23. The van der Waals surface area contributed by atoms with Gasteiger partial charge in [-0.1, -0.05) is 13.8 Å². The first-order chi connectivity index (χ1) is 9.96. The maximum atomic E-state index is 5.50. The van der Waals surface area contributed by atoms with Crippen LogP contribution in [0.15, 0.2) is 0 Å². The summed E-state index contributed by atoms with van der Waals surface area (Å²) >= 11 is 0. The highest BCUT2D eigenvalue weighted by molar-refractivity contribution is 5.27. The summed E-state index contributed by atoms with van der Waals surface area (Å²) in [6, 6.07) is 0.516. The van der Waals surface area contributed by atoms with Crippen LogP contribution in [0.3, 0.4) is 0 Å². The van der Waals surface area contributed by atoms with E-state index in [0.29, 0.717) is 6.04 Å². The topological polar surface area (TPSA) is 39.1 Å². The molecular weight excluding hydrogens is 262 g/mol. The first-order valence-corrected chi connectivity index (χ1v) is 8.38. The van der Waals surface area contributed by atoms with E-state index in [1.54, 1.807) is 0 Å². The molecule has 1 N–H and O–H groups in total. The zero-order chi connectivity index (χ0) is 15.5. The third kappa shape index (κ3) is 4.07. The Morgan fingerprint density at radius 3 is 2.38 bits per heavy atom. The largest absolute Gasteiger partial charge is 0.381 e. The van der Waals surface area contributed by atoms with Gasteiger partial charge >= 0.3 is 0 Å². The third-order valence-corrected chi connectivity index (χ3v) is 4.20. The highest BCUT2D eigenvalue weighted by atomic mass is 16.5. The number of aromatic nitrogens is 2. The molecule has 0 atom stereocenters. The Balaban J connectivity index is 2.27. The van der Waals surface area contributed by atoms with Crippen molar-refractivity contribution in [1.29, 1.82) is 0 Å². The summed E-state index contributed by atoms with van der Waals surface area (Å²) in [5.41, 5.74) is 4.23. The smallest absolute Gasteiger partial charge is 0.0669 e. The van der Waals surface area contributed by atoms with Gasteiger partial charge in [0, 0.05) is 36.6 Å². The summed E-state index contributed by atoms with van der Waals surface area (Å²) in [5.74, 6) is 0. The number of rotatable bonds is 5. The summed E-state index contributed by atoms with van der Waals surface area (Å²) in [6.45, 7) is 13.7. The Kier molecular flexibility index (Phi) is 5.44. The quantitative estimate of drug-likeness (QED) is 0.906. The van der Waals surface area contributed by atoms with Gasteiger partial charge in [-0.15, -0.1) is 0 Å². The molecule has 0 spiro atoms. The summed E-state index contributed by atoms with van der Waals surface area (Å²) in [4.78, 5) is 0. The summed E-state index contributed by atoms with van der Waals surface area (Å²) in [6.07, 6.45) is 4.23. The second kappa shape index (κ2) is 6.93. The van der Waals surface area contributed by atoms with Crippen LogP contribution in [-0.2, 0) is 24.1 Å². The van der Waals surface area contributed by atoms with Crippen molar-refractivity contribution in [2.75, 3.05) is 13.2 Å². The molecule has 1 fully saturated rings. The van der Waals surface area contributed by atoms with Crippen LogP contribution in [0.25, 0.3) is 0 Å². The van der Waals surface area contributed by atoms with Crippen LogP contribution in [-0.4, -0.2) is 28.5 Å². The van der Waals surface area contributed by atoms with E-state index in [1.807, 2.05) is 0 Å². The summed E-state index contributed by atoms with van der Waals surface area (Å²) in [7, 11) is 0. The minimum Gasteiger partial charge on any atom is -0.381 e. The number of hydrogen-bond donors (Lipinski definition) is 1. The van der Waals surface area contributed by atoms with Crippen LogP contribution >= 0.6 is 0 Å². The van der Waals surface area contributed by atoms with Gasteiger partial charge in [0.15, 0.2) is 0 Å². The van der Waals surface area contributed by atoms with Gasteiger partial charge in [-0.3, -0.25) is 4.68 Å². The van der Waals surface area contributed by atoms with Crippen molar-refractivity contribution >= 4 is 0 Å².